The molecule has 78 valence electrons. The molecule has 1 saturated heterocycles. The number of aliphatic carboxylic acids is 1. The summed E-state index contributed by atoms with van der Waals surface area (Å²) in [6.07, 6.45) is 7.88. The van der Waals surface area contributed by atoms with Crippen molar-refractivity contribution in [1.29, 1.82) is 0 Å². The average Bonchev–Trinajstić information content (AvgIpc) is 2.68. The Hall–Kier alpha value is -0.480. The largest absolute Gasteiger partial charge is 0.544 e. The highest BCUT2D eigenvalue weighted by molar-refractivity contribution is 7.99. The number of hydrogen-bond acceptors (Lipinski definition) is 3. The molecule has 0 spiro atoms. The second-order valence-corrected chi connectivity index (χ2v) is 5.17. The molecule has 3 nitrogen and oxygen atoms in total. The van der Waals surface area contributed by atoms with Gasteiger partial charge in [-0.05, 0) is 19.3 Å². The summed E-state index contributed by atoms with van der Waals surface area (Å²) in [5.74, 6) is 0.438. The topological polar surface area (TPSA) is 56.7 Å². The van der Waals surface area contributed by atoms with Crippen molar-refractivity contribution < 1.29 is 15.2 Å². The lowest BCUT2D eigenvalue weighted by molar-refractivity contribution is -0.690. The summed E-state index contributed by atoms with van der Waals surface area (Å²) in [5.41, 5.74) is 0. The molecule has 1 aliphatic heterocycles. The number of nitrogens with two attached hydrogens (primary N) is 1. The number of carbonyl (C=O) groups is 1. The Morgan fingerprint density at radius 2 is 2.36 bits per heavy atom. The van der Waals surface area contributed by atoms with Gasteiger partial charge < -0.3 is 15.2 Å². The van der Waals surface area contributed by atoms with Gasteiger partial charge in [-0.1, -0.05) is 23.9 Å². The van der Waals surface area contributed by atoms with E-state index in [1.165, 1.54) is 6.42 Å². The fourth-order valence-corrected chi connectivity index (χ4v) is 3.61. The molecule has 0 aromatic heterocycles. The van der Waals surface area contributed by atoms with E-state index >= 15 is 0 Å². The molecule has 2 aliphatic rings. The predicted octanol–water partition coefficient (Wildman–Crippen LogP) is -0.902. The van der Waals surface area contributed by atoms with Gasteiger partial charge >= 0.3 is 0 Å². The maximum atomic E-state index is 10.7. The highest BCUT2D eigenvalue weighted by atomic mass is 32.2. The number of carbonyl (C=O) groups excluding carboxylic acids is 1. The molecule has 0 saturated carbocycles. The van der Waals surface area contributed by atoms with E-state index in [-0.39, 0.29) is 6.04 Å². The van der Waals surface area contributed by atoms with Crippen LogP contribution >= 0.6 is 11.8 Å². The van der Waals surface area contributed by atoms with Crippen molar-refractivity contribution in [2.75, 3.05) is 5.75 Å². The minimum Gasteiger partial charge on any atom is -0.544 e. The molecule has 0 radical (unpaired) electrons. The first kappa shape index (κ1) is 10.1. The van der Waals surface area contributed by atoms with E-state index < -0.39 is 5.97 Å². The predicted molar refractivity (Wildman–Crippen MR) is 53.4 cm³/mol. The second-order valence-electron chi connectivity index (χ2n) is 3.96. The lowest BCUT2D eigenvalue weighted by Gasteiger charge is -2.21. The zero-order valence-corrected chi connectivity index (χ0v) is 8.83. The highest BCUT2D eigenvalue weighted by Crippen LogP contribution is 2.28. The first-order valence-corrected chi connectivity index (χ1v) is 6.14. The van der Waals surface area contributed by atoms with Gasteiger partial charge in [-0.25, -0.2) is 0 Å². The van der Waals surface area contributed by atoms with E-state index in [0.717, 1.165) is 12.8 Å². The fourth-order valence-electron chi connectivity index (χ4n) is 2.11. The van der Waals surface area contributed by atoms with E-state index in [1.54, 1.807) is 11.8 Å². The van der Waals surface area contributed by atoms with Crippen molar-refractivity contribution in [3.8, 4) is 0 Å². The molecule has 0 amide bonds. The third kappa shape index (κ3) is 2.12. The van der Waals surface area contributed by atoms with E-state index in [1.807, 2.05) is 5.32 Å². The Morgan fingerprint density at radius 1 is 1.50 bits per heavy atom. The number of hydrogen-bond donors (Lipinski definition) is 1. The maximum absolute atomic E-state index is 10.7. The molecule has 0 aromatic carbocycles. The molecule has 4 heteroatoms. The summed E-state index contributed by atoms with van der Waals surface area (Å²) >= 11 is 1.78. The third-order valence-electron chi connectivity index (χ3n) is 2.97. The Labute approximate surface area is 88.0 Å². The standard InChI is InChI=1S/C10H15NO2S/c12-10(13)8-6-14-9(11-8)7-4-2-1-3-5-7/h1-2,7-9,11H,3-6H2,(H,12,13)/t7-,8-,9-/m0/s1. The van der Waals surface area contributed by atoms with Crippen LogP contribution in [0.2, 0.25) is 0 Å². The lowest BCUT2D eigenvalue weighted by atomic mass is 9.94. The van der Waals surface area contributed by atoms with Crippen LogP contribution in [0.4, 0.5) is 0 Å². The smallest absolute Gasteiger partial charge is 0.136 e. The van der Waals surface area contributed by atoms with Crippen LogP contribution in [0.1, 0.15) is 19.3 Å². The number of quaternary nitrogens is 1. The Balaban J connectivity index is 1.88. The molecule has 2 rings (SSSR count). The SMILES string of the molecule is O=C([O-])[C@@H]1CS[C@@H]([C@H]2CC=CCC2)[NH2+]1. The molecule has 0 bridgehead atoms. The van der Waals surface area contributed by atoms with Gasteiger partial charge in [0.1, 0.15) is 17.4 Å². The Morgan fingerprint density at radius 3 is 2.93 bits per heavy atom. The molecule has 0 aromatic rings. The van der Waals surface area contributed by atoms with E-state index in [0.29, 0.717) is 17.0 Å². The van der Waals surface area contributed by atoms with Crippen molar-refractivity contribution in [3.63, 3.8) is 0 Å². The molecular weight excluding hydrogens is 198 g/mol. The Kier molecular flexibility index (Phi) is 3.13. The van der Waals surface area contributed by atoms with Gasteiger partial charge in [0.15, 0.2) is 0 Å². The average molecular weight is 213 g/mol. The summed E-state index contributed by atoms with van der Waals surface area (Å²) < 4.78 is 0. The van der Waals surface area contributed by atoms with Crippen LogP contribution in [0.3, 0.4) is 0 Å². The van der Waals surface area contributed by atoms with Crippen LogP contribution in [0, 0.1) is 5.92 Å². The van der Waals surface area contributed by atoms with Crippen LogP contribution < -0.4 is 10.4 Å². The van der Waals surface area contributed by atoms with Crippen LogP contribution in [-0.2, 0) is 4.79 Å². The molecule has 14 heavy (non-hydrogen) atoms. The van der Waals surface area contributed by atoms with Gasteiger partial charge in [-0.15, -0.1) is 0 Å². The summed E-state index contributed by atoms with van der Waals surface area (Å²) in [5, 5.41) is 13.1. The zero-order chi connectivity index (χ0) is 9.97. The summed E-state index contributed by atoms with van der Waals surface area (Å²) in [7, 11) is 0. The molecule has 2 N–H and O–H groups in total. The Bertz CT molecular complexity index is 255. The summed E-state index contributed by atoms with van der Waals surface area (Å²) in [4.78, 5) is 10.7. The van der Waals surface area contributed by atoms with Crippen LogP contribution in [0.25, 0.3) is 0 Å². The normalized spacial score (nSPS) is 37.3. The molecule has 1 fully saturated rings. The van der Waals surface area contributed by atoms with E-state index in [2.05, 4.69) is 12.2 Å². The number of carboxylic acids is 1. The van der Waals surface area contributed by atoms with Gasteiger partial charge in [-0.2, -0.15) is 0 Å². The number of rotatable bonds is 2. The number of allylic oxidation sites excluding steroid dienone is 2. The quantitative estimate of drug-likeness (QED) is 0.605. The minimum absolute atomic E-state index is 0.323. The van der Waals surface area contributed by atoms with E-state index in [9.17, 15) is 9.90 Å². The highest BCUT2D eigenvalue weighted by Gasteiger charge is 2.35. The van der Waals surface area contributed by atoms with Crippen molar-refractivity contribution in [3.05, 3.63) is 12.2 Å². The van der Waals surface area contributed by atoms with E-state index in [4.69, 9.17) is 0 Å². The van der Waals surface area contributed by atoms with Gasteiger partial charge in [-0.3, -0.25) is 0 Å². The number of carboxylic acid groups (broad SMARTS) is 1. The van der Waals surface area contributed by atoms with Gasteiger partial charge in [0.25, 0.3) is 0 Å². The monoisotopic (exact) mass is 213 g/mol. The van der Waals surface area contributed by atoms with Gasteiger partial charge in [0, 0.05) is 5.92 Å². The zero-order valence-electron chi connectivity index (χ0n) is 8.02. The number of thioether (sulfide) groups is 1. The maximum Gasteiger partial charge on any atom is 0.136 e. The van der Waals surface area contributed by atoms with Crippen molar-refractivity contribution >= 4 is 17.7 Å². The fraction of sp³-hybridized carbons (Fsp3) is 0.700. The van der Waals surface area contributed by atoms with Crippen molar-refractivity contribution in [1.82, 2.24) is 0 Å². The summed E-state index contributed by atoms with van der Waals surface area (Å²) in [6.45, 7) is 0. The minimum atomic E-state index is -0.911. The van der Waals surface area contributed by atoms with Crippen molar-refractivity contribution in [2.45, 2.75) is 30.7 Å². The van der Waals surface area contributed by atoms with Crippen LogP contribution in [0.5, 0.6) is 0 Å². The van der Waals surface area contributed by atoms with Gasteiger partial charge in [0.05, 0.1) is 5.75 Å². The lowest BCUT2D eigenvalue weighted by Crippen LogP contribution is -2.95. The molecule has 0 unspecified atom stereocenters. The van der Waals surface area contributed by atoms with Crippen LogP contribution in [-0.4, -0.2) is 23.1 Å². The second kappa shape index (κ2) is 4.36. The van der Waals surface area contributed by atoms with Crippen LogP contribution in [0.15, 0.2) is 12.2 Å². The molecular formula is C10H15NO2S. The molecule has 1 heterocycles. The first-order valence-electron chi connectivity index (χ1n) is 5.10. The summed E-state index contributed by atoms with van der Waals surface area (Å²) in [6, 6.07) is -0.323. The van der Waals surface area contributed by atoms with Crippen molar-refractivity contribution in [2.24, 2.45) is 5.92 Å². The first-order chi connectivity index (χ1) is 6.77. The molecule has 3 atom stereocenters. The molecule has 1 aliphatic carbocycles. The third-order valence-corrected chi connectivity index (χ3v) is 4.45. The van der Waals surface area contributed by atoms with Gasteiger partial charge in [0.2, 0.25) is 0 Å².